The minimum atomic E-state index is 0. The van der Waals surface area contributed by atoms with E-state index in [2.05, 4.69) is 27.7 Å². The zero-order chi connectivity index (χ0) is 18.5. The number of morpholine rings is 1. The predicted octanol–water partition coefficient (Wildman–Crippen LogP) is 3.72. The van der Waals surface area contributed by atoms with Gasteiger partial charge in [-0.15, -0.1) is 12.4 Å². The van der Waals surface area contributed by atoms with Crippen LogP contribution in [0.25, 0.3) is 0 Å². The summed E-state index contributed by atoms with van der Waals surface area (Å²) >= 11 is 6.32. The Morgan fingerprint density at radius 2 is 1.96 bits per heavy atom. The van der Waals surface area contributed by atoms with Crippen molar-refractivity contribution in [1.29, 1.82) is 0 Å². The number of hydrogen-bond acceptors (Lipinski definition) is 4. The molecule has 3 fully saturated rings. The maximum atomic E-state index is 6.32. The van der Waals surface area contributed by atoms with Gasteiger partial charge in [-0.3, -0.25) is 4.90 Å². The Bertz CT molecular complexity index is 589. The first kappa shape index (κ1) is 22.3. The van der Waals surface area contributed by atoms with Crippen LogP contribution in [0.15, 0.2) is 24.3 Å². The molecule has 6 heteroatoms. The molecule has 1 aromatic rings. The van der Waals surface area contributed by atoms with Gasteiger partial charge in [0, 0.05) is 30.2 Å². The first-order valence-corrected chi connectivity index (χ1v) is 11.2. The number of hydrogen-bond donors (Lipinski definition) is 2. The lowest BCUT2D eigenvalue weighted by molar-refractivity contribution is 0.0519. The zero-order valence-corrected chi connectivity index (χ0v) is 18.3. The minimum Gasteiger partial charge on any atom is -0.379 e. The molecule has 0 radical (unpaired) electrons. The van der Waals surface area contributed by atoms with Crippen molar-refractivity contribution in [1.82, 2.24) is 15.5 Å². The SMILES string of the molecule is Cl.Clc1ccccc1CN1CCC(CNC2CCCC2C2COCCN2)CC1. The Labute approximate surface area is 181 Å². The quantitative estimate of drug-likeness (QED) is 0.724. The van der Waals surface area contributed by atoms with Crippen molar-refractivity contribution in [3.05, 3.63) is 34.9 Å². The van der Waals surface area contributed by atoms with Gasteiger partial charge in [0.25, 0.3) is 0 Å². The van der Waals surface area contributed by atoms with E-state index in [1.54, 1.807) is 0 Å². The van der Waals surface area contributed by atoms with Crippen LogP contribution in [0.3, 0.4) is 0 Å². The molecule has 3 atom stereocenters. The van der Waals surface area contributed by atoms with E-state index in [0.717, 1.165) is 43.2 Å². The number of nitrogens with one attached hydrogen (secondary N) is 2. The van der Waals surface area contributed by atoms with Crippen molar-refractivity contribution in [3.63, 3.8) is 0 Å². The number of piperidine rings is 1. The standard InChI is InChI=1S/C22H34ClN3O.ClH/c23-20-6-2-1-4-18(20)15-26-11-8-17(9-12-26)14-25-21-7-3-5-19(21)22-16-27-13-10-24-22;/h1-2,4,6,17,19,21-22,24-25H,3,5,7-16H2;1H. The molecule has 3 unspecified atom stereocenters. The molecule has 4 nitrogen and oxygen atoms in total. The molecule has 28 heavy (non-hydrogen) atoms. The fraction of sp³-hybridized carbons (Fsp3) is 0.727. The first-order chi connectivity index (χ1) is 13.3. The number of benzene rings is 1. The number of ether oxygens (including phenoxy) is 1. The summed E-state index contributed by atoms with van der Waals surface area (Å²) in [4.78, 5) is 2.55. The zero-order valence-electron chi connectivity index (χ0n) is 16.7. The van der Waals surface area contributed by atoms with E-state index in [9.17, 15) is 0 Å². The van der Waals surface area contributed by atoms with Gasteiger partial charge >= 0.3 is 0 Å². The second-order valence-corrected chi connectivity index (χ2v) is 8.96. The molecule has 2 heterocycles. The van der Waals surface area contributed by atoms with Gasteiger partial charge in [-0.25, -0.2) is 0 Å². The summed E-state index contributed by atoms with van der Waals surface area (Å²) in [6.45, 7) is 7.30. The second-order valence-electron chi connectivity index (χ2n) is 8.56. The molecule has 0 bridgehead atoms. The highest BCUT2D eigenvalue weighted by Gasteiger charge is 2.34. The van der Waals surface area contributed by atoms with Crippen LogP contribution in [-0.2, 0) is 11.3 Å². The largest absolute Gasteiger partial charge is 0.379 e. The Morgan fingerprint density at radius 3 is 2.71 bits per heavy atom. The number of halogens is 2. The summed E-state index contributed by atoms with van der Waals surface area (Å²) in [6, 6.07) is 9.47. The lowest BCUT2D eigenvalue weighted by atomic mass is 9.92. The molecular weight excluding hydrogens is 393 g/mol. The van der Waals surface area contributed by atoms with E-state index in [1.807, 2.05) is 12.1 Å². The van der Waals surface area contributed by atoms with Crippen molar-refractivity contribution in [2.24, 2.45) is 11.8 Å². The molecule has 4 rings (SSSR count). The highest BCUT2D eigenvalue weighted by atomic mass is 35.5. The third-order valence-electron chi connectivity index (χ3n) is 6.76. The monoisotopic (exact) mass is 427 g/mol. The van der Waals surface area contributed by atoms with E-state index in [0.29, 0.717) is 12.1 Å². The fourth-order valence-corrected chi connectivity index (χ4v) is 5.31. The predicted molar refractivity (Wildman–Crippen MR) is 118 cm³/mol. The summed E-state index contributed by atoms with van der Waals surface area (Å²) in [5.74, 6) is 1.55. The molecule has 0 spiro atoms. The molecule has 1 aliphatic carbocycles. The lowest BCUT2D eigenvalue weighted by Gasteiger charge is -2.35. The van der Waals surface area contributed by atoms with Gasteiger partial charge < -0.3 is 15.4 Å². The smallest absolute Gasteiger partial charge is 0.0623 e. The molecular formula is C22H35Cl2N3O. The molecule has 2 N–H and O–H groups in total. The molecule has 3 aliphatic rings. The summed E-state index contributed by atoms with van der Waals surface area (Å²) in [6.07, 6.45) is 6.61. The highest BCUT2D eigenvalue weighted by Crippen LogP contribution is 2.30. The van der Waals surface area contributed by atoms with Crippen LogP contribution in [0, 0.1) is 11.8 Å². The molecule has 0 aromatic heterocycles. The van der Waals surface area contributed by atoms with Crippen LogP contribution < -0.4 is 10.6 Å². The van der Waals surface area contributed by atoms with Crippen molar-refractivity contribution >= 4 is 24.0 Å². The van der Waals surface area contributed by atoms with Crippen LogP contribution in [-0.4, -0.2) is 56.4 Å². The van der Waals surface area contributed by atoms with Gasteiger partial charge in [-0.1, -0.05) is 36.2 Å². The van der Waals surface area contributed by atoms with Gasteiger partial charge in [-0.05, 0) is 68.8 Å². The molecule has 1 saturated carbocycles. The van der Waals surface area contributed by atoms with E-state index in [4.69, 9.17) is 16.3 Å². The maximum absolute atomic E-state index is 6.32. The third kappa shape index (κ3) is 5.84. The number of rotatable bonds is 6. The number of nitrogens with zero attached hydrogens (tertiary/aromatic N) is 1. The van der Waals surface area contributed by atoms with E-state index in [1.165, 1.54) is 57.3 Å². The molecule has 158 valence electrons. The Hall–Kier alpha value is -0.360. The van der Waals surface area contributed by atoms with Gasteiger partial charge in [-0.2, -0.15) is 0 Å². The van der Waals surface area contributed by atoms with E-state index < -0.39 is 0 Å². The van der Waals surface area contributed by atoms with Gasteiger partial charge in [0.2, 0.25) is 0 Å². The highest BCUT2D eigenvalue weighted by molar-refractivity contribution is 6.31. The Balaban J connectivity index is 0.00000225. The van der Waals surface area contributed by atoms with Gasteiger partial charge in [0.15, 0.2) is 0 Å². The molecule has 1 aromatic carbocycles. The van der Waals surface area contributed by atoms with Crippen LogP contribution in [0.4, 0.5) is 0 Å². The molecule has 2 saturated heterocycles. The first-order valence-electron chi connectivity index (χ1n) is 10.8. The van der Waals surface area contributed by atoms with E-state index in [-0.39, 0.29) is 12.4 Å². The Kier molecular flexibility index (Phi) is 8.89. The average Bonchev–Trinajstić information content (AvgIpc) is 3.18. The number of likely N-dealkylation sites (tertiary alicyclic amines) is 1. The van der Waals surface area contributed by atoms with Crippen LogP contribution >= 0.6 is 24.0 Å². The second kappa shape index (κ2) is 11.1. The topological polar surface area (TPSA) is 36.5 Å². The summed E-state index contributed by atoms with van der Waals surface area (Å²) < 4.78 is 5.70. The van der Waals surface area contributed by atoms with Crippen molar-refractivity contribution < 1.29 is 4.74 Å². The van der Waals surface area contributed by atoms with E-state index >= 15 is 0 Å². The normalized spacial score (nSPS) is 29.5. The fourth-order valence-electron chi connectivity index (χ4n) is 5.12. The third-order valence-corrected chi connectivity index (χ3v) is 7.13. The van der Waals surface area contributed by atoms with Gasteiger partial charge in [0.1, 0.15) is 0 Å². The summed E-state index contributed by atoms with van der Waals surface area (Å²) in [5.41, 5.74) is 1.26. The van der Waals surface area contributed by atoms with Crippen LogP contribution in [0.1, 0.15) is 37.7 Å². The maximum Gasteiger partial charge on any atom is 0.0623 e. The molecule has 0 amide bonds. The lowest BCUT2D eigenvalue weighted by Crippen LogP contribution is -2.51. The van der Waals surface area contributed by atoms with Crippen molar-refractivity contribution in [2.45, 2.75) is 50.7 Å². The van der Waals surface area contributed by atoms with Crippen molar-refractivity contribution in [2.75, 3.05) is 39.4 Å². The van der Waals surface area contributed by atoms with Crippen molar-refractivity contribution in [3.8, 4) is 0 Å². The Morgan fingerprint density at radius 1 is 1.14 bits per heavy atom. The molecule has 2 aliphatic heterocycles. The summed E-state index contributed by atoms with van der Waals surface area (Å²) in [5, 5.41) is 8.51. The summed E-state index contributed by atoms with van der Waals surface area (Å²) in [7, 11) is 0. The van der Waals surface area contributed by atoms with Crippen LogP contribution in [0.5, 0.6) is 0 Å². The van der Waals surface area contributed by atoms with Crippen LogP contribution in [0.2, 0.25) is 5.02 Å². The minimum absolute atomic E-state index is 0. The average molecular weight is 428 g/mol. The van der Waals surface area contributed by atoms with Gasteiger partial charge in [0.05, 0.1) is 13.2 Å².